The Morgan fingerprint density at radius 1 is 1.24 bits per heavy atom. The summed E-state index contributed by atoms with van der Waals surface area (Å²) in [6, 6.07) is 5.33. The van der Waals surface area contributed by atoms with Crippen molar-refractivity contribution in [1.29, 1.82) is 0 Å². The zero-order chi connectivity index (χ0) is 15.8. The quantitative estimate of drug-likeness (QED) is 0.775. The van der Waals surface area contributed by atoms with Gasteiger partial charge in [-0.05, 0) is 31.5 Å². The summed E-state index contributed by atoms with van der Waals surface area (Å²) in [5.74, 6) is -0.314. The molecule has 0 unspecified atom stereocenters. The van der Waals surface area contributed by atoms with E-state index in [9.17, 15) is 9.18 Å². The minimum Gasteiger partial charge on any atom is -0.490 e. The van der Waals surface area contributed by atoms with Crippen molar-refractivity contribution in [2.24, 2.45) is 0 Å². The van der Waals surface area contributed by atoms with Crippen molar-refractivity contribution in [2.75, 3.05) is 6.61 Å². The first-order valence-corrected chi connectivity index (χ1v) is 7.32. The van der Waals surface area contributed by atoms with Crippen LogP contribution in [0.3, 0.4) is 0 Å². The van der Waals surface area contributed by atoms with Crippen LogP contribution in [0.5, 0.6) is 5.75 Å². The number of hydrogen-bond acceptors (Lipinski definition) is 3. The molecule has 0 aliphatic carbocycles. The minimum absolute atomic E-state index is 0.0943. The molecule has 0 heterocycles. The van der Waals surface area contributed by atoms with Gasteiger partial charge in [-0.2, -0.15) is 0 Å². The van der Waals surface area contributed by atoms with Crippen molar-refractivity contribution >= 4 is 5.91 Å². The van der Waals surface area contributed by atoms with Crippen LogP contribution in [0.4, 0.5) is 4.39 Å². The predicted molar refractivity (Wildman–Crippen MR) is 81.8 cm³/mol. The smallest absolute Gasteiger partial charge is 0.223 e. The number of hydrogen-bond donors (Lipinski definition) is 2. The molecule has 1 amide bonds. The number of nitrogens with one attached hydrogen (secondary N) is 2. The van der Waals surface area contributed by atoms with Crippen molar-refractivity contribution < 1.29 is 13.9 Å². The summed E-state index contributed by atoms with van der Waals surface area (Å²) in [6.45, 7) is 8.64. The van der Waals surface area contributed by atoms with Crippen LogP contribution in [0.15, 0.2) is 18.2 Å². The summed E-state index contributed by atoms with van der Waals surface area (Å²) in [6.07, 6.45) is 0.217. The van der Waals surface area contributed by atoms with Gasteiger partial charge in [-0.25, -0.2) is 4.39 Å². The fourth-order valence-electron chi connectivity index (χ4n) is 1.74. The van der Waals surface area contributed by atoms with Crippen LogP contribution in [0.2, 0.25) is 0 Å². The topological polar surface area (TPSA) is 50.4 Å². The third-order valence-corrected chi connectivity index (χ3v) is 2.75. The highest BCUT2D eigenvalue weighted by Gasteiger charge is 2.07. The maximum absolute atomic E-state index is 13.9. The lowest BCUT2D eigenvalue weighted by molar-refractivity contribution is -0.122. The molecule has 2 N–H and O–H groups in total. The van der Waals surface area contributed by atoms with Crippen LogP contribution >= 0.6 is 0 Å². The fourth-order valence-corrected chi connectivity index (χ4v) is 1.74. The Bertz CT molecular complexity index is 462. The zero-order valence-corrected chi connectivity index (χ0v) is 13.2. The molecule has 21 heavy (non-hydrogen) atoms. The van der Waals surface area contributed by atoms with Gasteiger partial charge in [0.2, 0.25) is 5.91 Å². The number of rotatable bonds is 8. The van der Waals surface area contributed by atoms with Crippen LogP contribution in [-0.2, 0) is 11.3 Å². The van der Waals surface area contributed by atoms with Crippen molar-refractivity contribution in [2.45, 2.75) is 52.7 Å². The summed E-state index contributed by atoms with van der Waals surface area (Å²) in [4.78, 5) is 11.4. The van der Waals surface area contributed by atoms with Crippen LogP contribution in [0.1, 0.15) is 39.7 Å². The Morgan fingerprint density at radius 2 is 1.95 bits per heavy atom. The van der Waals surface area contributed by atoms with Crippen molar-refractivity contribution in [3.63, 3.8) is 0 Å². The van der Waals surface area contributed by atoms with E-state index in [1.54, 1.807) is 6.07 Å². The maximum Gasteiger partial charge on any atom is 0.223 e. The zero-order valence-electron chi connectivity index (χ0n) is 13.2. The highest BCUT2D eigenvalue weighted by atomic mass is 19.1. The molecule has 1 aromatic carbocycles. The molecule has 0 atom stereocenters. The van der Waals surface area contributed by atoms with Gasteiger partial charge in [0, 0.05) is 18.6 Å². The van der Waals surface area contributed by atoms with E-state index in [4.69, 9.17) is 4.74 Å². The maximum atomic E-state index is 13.9. The lowest BCUT2D eigenvalue weighted by Crippen LogP contribution is -2.31. The lowest BCUT2D eigenvalue weighted by atomic mass is 10.2. The standard InChI is InChI=1S/C16H25FN2O2/c1-11(2)18-10-13-5-6-15(14(17)9-13)21-8-7-16(20)19-12(3)4/h5-6,9,11-12,18H,7-8,10H2,1-4H3,(H,19,20). The summed E-state index contributed by atoms with van der Waals surface area (Å²) in [7, 11) is 0. The summed E-state index contributed by atoms with van der Waals surface area (Å²) >= 11 is 0. The second kappa shape index (κ2) is 8.62. The number of carbonyl (C=O) groups is 1. The molecule has 5 heteroatoms. The van der Waals surface area contributed by atoms with Crippen LogP contribution < -0.4 is 15.4 Å². The van der Waals surface area contributed by atoms with Gasteiger partial charge < -0.3 is 15.4 Å². The monoisotopic (exact) mass is 296 g/mol. The van der Waals surface area contributed by atoms with E-state index in [-0.39, 0.29) is 30.7 Å². The van der Waals surface area contributed by atoms with Gasteiger partial charge in [0.1, 0.15) is 0 Å². The van der Waals surface area contributed by atoms with Gasteiger partial charge in [0.25, 0.3) is 0 Å². The van der Waals surface area contributed by atoms with Crippen molar-refractivity contribution in [1.82, 2.24) is 10.6 Å². The third-order valence-electron chi connectivity index (χ3n) is 2.75. The van der Waals surface area contributed by atoms with Crippen molar-refractivity contribution in [3.05, 3.63) is 29.6 Å². The predicted octanol–water partition coefficient (Wildman–Crippen LogP) is 2.62. The van der Waals surface area contributed by atoms with E-state index >= 15 is 0 Å². The van der Waals surface area contributed by atoms with E-state index in [2.05, 4.69) is 10.6 Å². The molecule has 0 aliphatic heterocycles. The highest BCUT2D eigenvalue weighted by Crippen LogP contribution is 2.18. The molecule has 1 rings (SSSR count). The Hall–Kier alpha value is -1.62. The highest BCUT2D eigenvalue weighted by molar-refractivity contribution is 5.76. The molecular weight excluding hydrogens is 271 g/mol. The number of halogens is 1. The number of amides is 1. The van der Waals surface area contributed by atoms with Gasteiger partial charge >= 0.3 is 0 Å². The summed E-state index contributed by atoms with van der Waals surface area (Å²) in [5, 5.41) is 5.98. The molecule has 118 valence electrons. The first-order chi connectivity index (χ1) is 9.88. The Morgan fingerprint density at radius 3 is 2.52 bits per heavy atom. The van der Waals surface area contributed by atoms with Crippen molar-refractivity contribution in [3.8, 4) is 5.75 Å². The van der Waals surface area contributed by atoms with Gasteiger partial charge in [0.15, 0.2) is 11.6 Å². The molecule has 0 aliphatic rings. The van der Waals surface area contributed by atoms with E-state index < -0.39 is 5.82 Å². The normalized spacial score (nSPS) is 11.0. The first-order valence-electron chi connectivity index (χ1n) is 7.32. The Balaban J connectivity index is 2.44. The molecule has 0 fully saturated rings. The molecule has 0 spiro atoms. The lowest BCUT2D eigenvalue weighted by Gasteiger charge is -2.11. The van der Waals surface area contributed by atoms with E-state index in [1.807, 2.05) is 33.8 Å². The molecule has 0 saturated carbocycles. The van der Waals surface area contributed by atoms with E-state index in [1.165, 1.54) is 6.07 Å². The molecule has 0 aromatic heterocycles. The average Bonchev–Trinajstić information content (AvgIpc) is 2.37. The molecule has 0 bridgehead atoms. The summed E-state index contributed by atoms with van der Waals surface area (Å²) < 4.78 is 19.2. The minimum atomic E-state index is -0.401. The second-order valence-electron chi connectivity index (χ2n) is 5.62. The van der Waals surface area contributed by atoms with Gasteiger partial charge in [-0.3, -0.25) is 4.79 Å². The summed E-state index contributed by atoms with van der Waals surface area (Å²) in [5.41, 5.74) is 0.867. The molecule has 4 nitrogen and oxygen atoms in total. The fraction of sp³-hybridized carbons (Fsp3) is 0.562. The molecular formula is C16H25FN2O2. The van der Waals surface area contributed by atoms with E-state index in [0.29, 0.717) is 12.6 Å². The molecule has 1 aromatic rings. The number of ether oxygens (including phenoxy) is 1. The van der Waals surface area contributed by atoms with Gasteiger partial charge in [-0.1, -0.05) is 19.9 Å². The van der Waals surface area contributed by atoms with Crippen LogP contribution in [0.25, 0.3) is 0 Å². The molecule has 0 saturated heterocycles. The first kappa shape index (κ1) is 17.4. The van der Waals surface area contributed by atoms with Gasteiger partial charge in [0.05, 0.1) is 13.0 Å². The SMILES string of the molecule is CC(C)NCc1ccc(OCCC(=O)NC(C)C)c(F)c1. The molecule has 0 radical (unpaired) electrons. The van der Waals surface area contributed by atoms with E-state index in [0.717, 1.165) is 5.56 Å². The van der Waals surface area contributed by atoms with Crippen LogP contribution in [-0.4, -0.2) is 24.6 Å². The number of carbonyl (C=O) groups excluding carboxylic acids is 1. The second-order valence-corrected chi connectivity index (χ2v) is 5.62. The average molecular weight is 296 g/mol. The third kappa shape index (κ3) is 7.09. The van der Waals surface area contributed by atoms with Gasteiger partial charge in [-0.15, -0.1) is 0 Å². The Labute approximate surface area is 126 Å². The Kier molecular flexibility index (Phi) is 7.15. The largest absolute Gasteiger partial charge is 0.490 e. The van der Waals surface area contributed by atoms with Crippen LogP contribution in [0, 0.1) is 5.82 Å². The number of benzene rings is 1.